The molecular weight excluding hydrogens is 448 g/mol. The van der Waals surface area contributed by atoms with Gasteiger partial charge in [-0.3, -0.25) is 9.20 Å². The molecule has 0 aliphatic rings. The summed E-state index contributed by atoms with van der Waals surface area (Å²) in [5.41, 5.74) is 4.22. The van der Waals surface area contributed by atoms with Gasteiger partial charge in [0.1, 0.15) is 0 Å². The normalized spacial score (nSPS) is 11.7. The summed E-state index contributed by atoms with van der Waals surface area (Å²) in [6.07, 6.45) is 0.390. The van der Waals surface area contributed by atoms with Crippen LogP contribution in [0.15, 0.2) is 59.1 Å². The van der Waals surface area contributed by atoms with Crippen molar-refractivity contribution in [3.8, 4) is 11.3 Å². The number of carbonyl (C=O) groups is 1. The molecule has 0 unspecified atom stereocenters. The number of fused-ring (bicyclic) bond motifs is 1. The number of halogens is 1. The second kappa shape index (κ2) is 9.02. The zero-order chi connectivity index (χ0) is 22.0. The predicted octanol–water partition coefficient (Wildman–Crippen LogP) is 6.53. The molecule has 2 heterocycles. The van der Waals surface area contributed by atoms with Gasteiger partial charge in [0, 0.05) is 28.3 Å². The van der Waals surface area contributed by atoms with E-state index in [0.717, 1.165) is 27.1 Å². The van der Waals surface area contributed by atoms with Gasteiger partial charge in [0.2, 0.25) is 10.9 Å². The van der Waals surface area contributed by atoms with Crippen LogP contribution < -0.4 is 5.32 Å². The van der Waals surface area contributed by atoms with Crippen molar-refractivity contribution in [1.29, 1.82) is 0 Å². The molecule has 0 radical (unpaired) electrons. The number of thioether (sulfide) groups is 1. The molecular formula is C23H23ClN4OS2. The number of aromatic nitrogens is 3. The van der Waals surface area contributed by atoms with Crippen molar-refractivity contribution in [2.75, 3.05) is 11.1 Å². The maximum absolute atomic E-state index is 12.4. The highest BCUT2D eigenvalue weighted by molar-refractivity contribution is 7.99. The maximum Gasteiger partial charge on any atom is 0.225 e. The molecule has 0 aliphatic carbocycles. The molecule has 8 heteroatoms. The first kappa shape index (κ1) is 21.9. The number of carbonyl (C=O) groups excluding carboxylic acids is 1. The Labute approximate surface area is 194 Å². The summed E-state index contributed by atoms with van der Waals surface area (Å²) in [4.78, 5) is 13.2. The van der Waals surface area contributed by atoms with E-state index >= 15 is 0 Å². The van der Waals surface area contributed by atoms with E-state index < -0.39 is 0 Å². The van der Waals surface area contributed by atoms with Crippen LogP contribution in [0.3, 0.4) is 0 Å². The van der Waals surface area contributed by atoms with Crippen molar-refractivity contribution in [2.24, 2.45) is 0 Å². The highest BCUT2D eigenvalue weighted by Crippen LogP contribution is 2.31. The molecule has 1 N–H and O–H groups in total. The van der Waals surface area contributed by atoms with Crippen LogP contribution in [0.1, 0.15) is 32.8 Å². The molecule has 5 nitrogen and oxygen atoms in total. The lowest BCUT2D eigenvalue weighted by atomic mass is 9.87. The monoisotopic (exact) mass is 470 g/mol. The van der Waals surface area contributed by atoms with E-state index in [1.165, 1.54) is 17.3 Å². The van der Waals surface area contributed by atoms with E-state index in [9.17, 15) is 4.79 Å². The minimum atomic E-state index is -0.0139. The minimum Gasteiger partial charge on any atom is -0.326 e. The number of nitrogens with one attached hydrogen (secondary N) is 1. The van der Waals surface area contributed by atoms with Crippen LogP contribution in [0.25, 0.3) is 16.2 Å². The average Bonchev–Trinajstić information content (AvgIpc) is 3.31. The van der Waals surface area contributed by atoms with Gasteiger partial charge in [0.25, 0.3) is 0 Å². The Hall–Kier alpha value is -2.35. The van der Waals surface area contributed by atoms with E-state index in [-0.39, 0.29) is 11.3 Å². The van der Waals surface area contributed by atoms with Gasteiger partial charge >= 0.3 is 0 Å². The largest absolute Gasteiger partial charge is 0.326 e. The summed E-state index contributed by atoms with van der Waals surface area (Å²) in [6.45, 7) is 6.52. The number of thiazole rings is 1. The smallest absolute Gasteiger partial charge is 0.225 e. The van der Waals surface area contributed by atoms with Gasteiger partial charge < -0.3 is 5.32 Å². The fourth-order valence-electron chi connectivity index (χ4n) is 3.12. The van der Waals surface area contributed by atoms with Gasteiger partial charge in [0.15, 0.2) is 5.16 Å². The lowest BCUT2D eigenvalue weighted by Crippen LogP contribution is -2.14. The fourth-order valence-corrected chi connectivity index (χ4v) is 5.03. The second-order valence-corrected chi connectivity index (χ2v) is 10.5. The molecule has 4 aromatic rings. The summed E-state index contributed by atoms with van der Waals surface area (Å²) in [7, 11) is 0. The molecule has 0 fully saturated rings. The minimum absolute atomic E-state index is 0.0139. The van der Waals surface area contributed by atoms with Gasteiger partial charge in [0.05, 0.1) is 5.69 Å². The van der Waals surface area contributed by atoms with Gasteiger partial charge in [-0.2, -0.15) is 0 Å². The van der Waals surface area contributed by atoms with E-state index in [1.807, 2.05) is 40.8 Å². The zero-order valence-electron chi connectivity index (χ0n) is 17.6. The summed E-state index contributed by atoms with van der Waals surface area (Å²) < 4.78 is 2.03. The summed E-state index contributed by atoms with van der Waals surface area (Å²) in [6, 6.07) is 15.7. The number of hydrogen-bond donors (Lipinski definition) is 1. The van der Waals surface area contributed by atoms with Crippen LogP contribution in [-0.2, 0) is 10.2 Å². The second-order valence-electron chi connectivity index (χ2n) is 8.20. The van der Waals surface area contributed by atoms with Crippen molar-refractivity contribution < 1.29 is 4.79 Å². The number of hydrogen-bond acceptors (Lipinski definition) is 5. The van der Waals surface area contributed by atoms with Crippen LogP contribution in [-0.4, -0.2) is 26.3 Å². The molecule has 2 aromatic heterocycles. The van der Waals surface area contributed by atoms with Crippen molar-refractivity contribution in [2.45, 2.75) is 37.8 Å². The van der Waals surface area contributed by atoms with Gasteiger partial charge in [-0.15, -0.1) is 21.5 Å². The van der Waals surface area contributed by atoms with E-state index in [4.69, 9.17) is 11.6 Å². The molecule has 0 bridgehead atoms. The third-order valence-corrected chi connectivity index (χ3v) is 6.85. The Bertz CT molecular complexity index is 1190. The van der Waals surface area contributed by atoms with Crippen LogP contribution in [0.2, 0.25) is 5.02 Å². The maximum atomic E-state index is 12.4. The summed E-state index contributed by atoms with van der Waals surface area (Å²) in [5, 5.41) is 15.1. The number of rotatable bonds is 6. The molecule has 4 rings (SSSR count). The number of anilines is 1. The molecule has 0 aliphatic heterocycles. The molecule has 0 atom stereocenters. The molecule has 0 saturated heterocycles. The third kappa shape index (κ3) is 5.11. The topological polar surface area (TPSA) is 59.3 Å². The quantitative estimate of drug-likeness (QED) is 0.325. The molecule has 0 saturated carbocycles. The standard InChI is InChI=1S/C23H23ClN4OS2/c1-23(2,3)16-6-10-18(11-7-16)25-20(29)12-13-30-21-26-27-22-28(21)19(14-31-22)15-4-8-17(24)9-5-15/h4-11,14H,12-13H2,1-3H3,(H,25,29). The zero-order valence-corrected chi connectivity index (χ0v) is 19.9. The summed E-state index contributed by atoms with van der Waals surface area (Å²) >= 11 is 9.08. The predicted molar refractivity (Wildman–Crippen MR) is 130 cm³/mol. The molecule has 1 amide bonds. The van der Waals surface area contributed by atoms with Gasteiger partial charge in [-0.1, -0.05) is 68.4 Å². The first-order valence-corrected chi connectivity index (χ1v) is 12.2. The van der Waals surface area contributed by atoms with Crippen molar-refractivity contribution in [1.82, 2.24) is 14.6 Å². The number of nitrogens with zero attached hydrogens (tertiary/aromatic N) is 3. The SMILES string of the molecule is CC(C)(C)c1ccc(NC(=O)CCSc2nnc3scc(-c4ccc(Cl)cc4)n23)cc1. The van der Waals surface area contributed by atoms with Gasteiger partial charge in [-0.25, -0.2) is 0 Å². The molecule has 31 heavy (non-hydrogen) atoms. The van der Waals surface area contributed by atoms with Crippen molar-refractivity contribution in [3.63, 3.8) is 0 Å². The van der Waals surface area contributed by atoms with Crippen LogP contribution in [0.5, 0.6) is 0 Å². The van der Waals surface area contributed by atoms with Gasteiger partial charge in [-0.05, 0) is 40.8 Å². The lowest BCUT2D eigenvalue weighted by Gasteiger charge is -2.19. The Morgan fingerprint density at radius 1 is 1.10 bits per heavy atom. The first-order valence-electron chi connectivity index (χ1n) is 9.93. The highest BCUT2D eigenvalue weighted by atomic mass is 35.5. The van der Waals surface area contributed by atoms with E-state index in [1.54, 1.807) is 11.3 Å². The Balaban J connectivity index is 1.38. The third-order valence-electron chi connectivity index (χ3n) is 4.86. The summed E-state index contributed by atoms with van der Waals surface area (Å²) in [5.74, 6) is 0.600. The molecule has 160 valence electrons. The highest BCUT2D eigenvalue weighted by Gasteiger charge is 2.15. The number of benzene rings is 2. The van der Waals surface area contributed by atoms with Crippen LogP contribution >= 0.6 is 34.7 Å². The Kier molecular flexibility index (Phi) is 6.36. The first-order chi connectivity index (χ1) is 14.8. The van der Waals surface area contributed by atoms with E-state index in [0.29, 0.717) is 17.2 Å². The Morgan fingerprint density at radius 3 is 2.48 bits per heavy atom. The molecule has 0 spiro atoms. The fraction of sp³-hybridized carbons (Fsp3) is 0.261. The number of amides is 1. The van der Waals surface area contributed by atoms with Crippen molar-refractivity contribution >= 4 is 51.3 Å². The lowest BCUT2D eigenvalue weighted by molar-refractivity contribution is -0.115. The molecule has 2 aromatic carbocycles. The Morgan fingerprint density at radius 2 is 1.81 bits per heavy atom. The van der Waals surface area contributed by atoms with E-state index in [2.05, 4.69) is 53.8 Å². The average molecular weight is 471 g/mol. The van der Waals surface area contributed by atoms with Crippen LogP contribution in [0, 0.1) is 0 Å². The van der Waals surface area contributed by atoms with Crippen LogP contribution in [0.4, 0.5) is 5.69 Å². The van der Waals surface area contributed by atoms with Crippen molar-refractivity contribution in [3.05, 3.63) is 64.5 Å².